The van der Waals surface area contributed by atoms with E-state index in [1.165, 1.54) is 12.1 Å². The fraction of sp³-hybridized carbons (Fsp3) is 0.250. The average molecular weight is 654 g/mol. The van der Waals surface area contributed by atoms with Crippen LogP contribution in [0.2, 0.25) is 0 Å². The van der Waals surface area contributed by atoms with Crippen molar-refractivity contribution in [3.05, 3.63) is 104 Å². The van der Waals surface area contributed by atoms with E-state index < -0.39 is 55.3 Å². The first-order chi connectivity index (χ1) is 20.8. The minimum atomic E-state index is -5.91. The maximum atomic E-state index is 14.5. The molecule has 0 amide bonds. The van der Waals surface area contributed by atoms with Crippen molar-refractivity contribution in [1.82, 2.24) is 0 Å². The van der Waals surface area contributed by atoms with Crippen LogP contribution in [-0.2, 0) is 16.5 Å². The molecule has 0 N–H and O–H groups in total. The van der Waals surface area contributed by atoms with E-state index in [4.69, 9.17) is 4.42 Å². The van der Waals surface area contributed by atoms with E-state index in [0.717, 1.165) is 54.7 Å². The minimum Gasteiger partial charge on any atom is -0.744 e. The Bertz CT molecular complexity index is 1910. The Kier molecular flexibility index (Phi) is 12.0. The summed E-state index contributed by atoms with van der Waals surface area (Å²) in [6.45, 7) is 7.83. The number of aryl methyl sites for hydroxylation is 1. The first-order valence-electron chi connectivity index (χ1n) is 13.8. The van der Waals surface area contributed by atoms with E-state index in [-0.39, 0.29) is 35.1 Å². The number of carbonyl (C=O) groups excluding carboxylic acids is 1. The molecule has 0 aliphatic heterocycles. The molecule has 4 aromatic rings. The van der Waals surface area contributed by atoms with Crippen LogP contribution in [0.1, 0.15) is 66.2 Å². The number of anilines is 1. The van der Waals surface area contributed by atoms with Gasteiger partial charge in [0.05, 0.1) is 5.56 Å². The normalized spacial score (nSPS) is 11.6. The second kappa shape index (κ2) is 14.9. The van der Waals surface area contributed by atoms with E-state index >= 15 is 0 Å². The zero-order valence-corrected chi connectivity index (χ0v) is 27.9. The summed E-state index contributed by atoms with van der Waals surface area (Å²) < 4.78 is 96.0. The molecule has 13 heteroatoms. The van der Waals surface area contributed by atoms with Gasteiger partial charge >= 0.3 is 35.2 Å². The number of nitrogens with zero attached hydrogens (tertiary/aromatic N) is 1. The van der Waals surface area contributed by atoms with Gasteiger partial charge in [-0.1, -0.05) is 51.1 Å². The minimum absolute atomic E-state index is 0. The molecule has 0 radical (unpaired) electrons. The number of ketones is 1. The van der Waals surface area contributed by atoms with Gasteiger partial charge in [-0.05, 0) is 48.6 Å². The van der Waals surface area contributed by atoms with Gasteiger partial charge in [0, 0.05) is 35.8 Å². The number of benzene rings is 3. The smallest absolute Gasteiger partial charge is 0.744 e. The van der Waals surface area contributed by atoms with Gasteiger partial charge in [-0.25, -0.2) is 30.8 Å². The van der Waals surface area contributed by atoms with Crippen molar-refractivity contribution in [3.8, 4) is 0 Å². The number of carbonyl (C=O) groups is 1. The maximum absolute atomic E-state index is 14.5. The standard InChI is InChI=1S/C32H29F4NO6S.Na/c1-4-15-37(16-5-2)20-12-14-22-21(6-3)23(32(39)43-24(22)17-20)13-9-18-7-10-19(11-8-18)30(38)25-26(33)28(35)31(44(40,41)42)29(36)27(25)34;/h7-14,17H,4-6,15-16H2,1-3H3,(H,40,41,42);/q;+1/p-1/b13-9+;. The summed E-state index contributed by atoms with van der Waals surface area (Å²) in [5.41, 5.74) is 0.345. The zero-order valence-electron chi connectivity index (χ0n) is 25.0. The summed E-state index contributed by atoms with van der Waals surface area (Å²) in [5.74, 6) is -11.1. The summed E-state index contributed by atoms with van der Waals surface area (Å²) in [6, 6.07) is 10.7. The molecule has 0 aliphatic carbocycles. The molecule has 4 rings (SSSR count). The predicted molar refractivity (Wildman–Crippen MR) is 158 cm³/mol. The second-order valence-electron chi connectivity index (χ2n) is 10.0. The van der Waals surface area contributed by atoms with Crippen LogP contribution in [0.15, 0.2) is 56.6 Å². The zero-order chi connectivity index (χ0) is 32.3. The van der Waals surface area contributed by atoms with Crippen LogP contribution in [0, 0.1) is 23.3 Å². The number of hydrogen-bond donors (Lipinski definition) is 0. The Morgan fingerprint density at radius 2 is 1.47 bits per heavy atom. The van der Waals surface area contributed by atoms with E-state index in [0.29, 0.717) is 23.1 Å². The van der Waals surface area contributed by atoms with Crippen molar-refractivity contribution in [2.45, 2.75) is 44.9 Å². The van der Waals surface area contributed by atoms with Crippen LogP contribution < -0.4 is 40.1 Å². The molecule has 0 unspecified atom stereocenters. The number of rotatable bonds is 11. The quantitative estimate of drug-likeness (QED) is 0.0605. The molecule has 0 fully saturated rings. The molecular formula is C32H28F4NNaO6S. The molecule has 7 nitrogen and oxygen atoms in total. The third-order valence-electron chi connectivity index (χ3n) is 7.06. The molecule has 0 aliphatic rings. The molecule has 0 saturated carbocycles. The van der Waals surface area contributed by atoms with Gasteiger partial charge in [0.2, 0.25) is 0 Å². The Morgan fingerprint density at radius 3 is 1.98 bits per heavy atom. The summed E-state index contributed by atoms with van der Waals surface area (Å²) in [7, 11) is -5.91. The third-order valence-corrected chi connectivity index (χ3v) is 7.92. The van der Waals surface area contributed by atoms with Crippen molar-refractivity contribution in [2.24, 2.45) is 0 Å². The van der Waals surface area contributed by atoms with Crippen LogP contribution >= 0.6 is 0 Å². The number of halogens is 4. The molecule has 232 valence electrons. The fourth-order valence-corrected chi connectivity index (χ4v) is 5.64. The average Bonchev–Trinajstić information content (AvgIpc) is 2.98. The Morgan fingerprint density at radius 1 is 0.889 bits per heavy atom. The van der Waals surface area contributed by atoms with Crippen molar-refractivity contribution in [1.29, 1.82) is 0 Å². The summed E-state index contributed by atoms with van der Waals surface area (Å²) in [5, 5.41) is 0.781. The van der Waals surface area contributed by atoms with E-state index in [2.05, 4.69) is 18.7 Å². The molecule has 45 heavy (non-hydrogen) atoms. The van der Waals surface area contributed by atoms with Crippen LogP contribution in [0.3, 0.4) is 0 Å². The molecule has 3 aromatic carbocycles. The Hall–Kier alpha value is -3.29. The van der Waals surface area contributed by atoms with Crippen LogP contribution in [0.25, 0.3) is 23.1 Å². The van der Waals surface area contributed by atoms with Crippen LogP contribution in [0.4, 0.5) is 23.2 Å². The number of fused-ring (bicyclic) bond motifs is 1. The monoisotopic (exact) mass is 653 g/mol. The molecule has 0 spiro atoms. The van der Waals surface area contributed by atoms with Crippen molar-refractivity contribution in [3.63, 3.8) is 0 Å². The summed E-state index contributed by atoms with van der Waals surface area (Å²) in [4.78, 5) is 25.6. The van der Waals surface area contributed by atoms with Crippen LogP contribution in [0.5, 0.6) is 0 Å². The molecular weight excluding hydrogens is 625 g/mol. The van der Waals surface area contributed by atoms with E-state index in [9.17, 15) is 40.1 Å². The van der Waals surface area contributed by atoms with E-state index in [1.807, 2.05) is 25.1 Å². The first-order valence-corrected chi connectivity index (χ1v) is 15.2. The van der Waals surface area contributed by atoms with Gasteiger partial charge in [0.25, 0.3) is 0 Å². The SMILES string of the molecule is CCCN(CCC)c1ccc2c(CC)c(/C=C/c3ccc(C(=O)c4c(F)c(F)c(S(=O)(=O)[O-])c(F)c4F)cc3)c(=O)oc2c1.[Na+]. The molecule has 0 saturated heterocycles. The third kappa shape index (κ3) is 7.41. The Balaban J connectivity index is 0.00000552. The molecule has 1 heterocycles. The van der Waals surface area contributed by atoms with Crippen molar-refractivity contribution < 1.29 is 69.3 Å². The largest absolute Gasteiger partial charge is 1.00 e. The maximum Gasteiger partial charge on any atom is 1.00 e. The van der Waals surface area contributed by atoms with Gasteiger partial charge in [0.15, 0.2) is 29.1 Å². The van der Waals surface area contributed by atoms with Crippen molar-refractivity contribution in [2.75, 3.05) is 18.0 Å². The van der Waals surface area contributed by atoms with Gasteiger partial charge in [-0.3, -0.25) is 4.79 Å². The Labute approximate surface area is 279 Å². The summed E-state index contributed by atoms with van der Waals surface area (Å²) >= 11 is 0. The fourth-order valence-electron chi connectivity index (χ4n) is 5.02. The van der Waals surface area contributed by atoms with Crippen molar-refractivity contribution >= 4 is 44.7 Å². The van der Waals surface area contributed by atoms with E-state index in [1.54, 1.807) is 12.2 Å². The summed E-state index contributed by atoms with van der Waals surface area (Å²) in [6.07, 6.45) is 5.56. The first kappa shape index (κ1) is 36.2. The molecule has 1 aromatic heterocycles. The molecule has 0 bridgehead atoms. The predicted octanol–water partition coefficient (Wildman–Crippen LogP) is 3.85. The van der Waals surface area contributed by atoms with Gasteiger partial charge in [-0.2, -0.15) is 0 Å². The van der Waals surface area contributed by atoms with Gasteiger partial charge in [0.1, 0.15) is 26.2 Å². The topological polar surface area (TPSA) is 108 Å². The molecule has 0 atom stereocenters. The van der Waals surface area contributed by atoms with Crippen LogP contribution in [-0.4, -0.2) is 31.8 Å². The number of hydrogen-bond acceptors (Lipinski definition) is 7. The van der Waals surface area contributed by atoms with Gasteiger partial charge in [-0.15, -0.1) is 0 Å². The second-order valence-corrected chi connectivity index (χ2v) is 11.3. The van der Waals surface area contributed by atoms with Gasteiger partial charge < -0.3 is 13.9 Å².